The van der Waals surface area contributed by atoms with Crippen molar-refractivity contribution in [2.24, 2.45) is 0 Å². The highest BCUT2D eigenvalue weighted by atomic mass is 16.5. The summed E-state index contributed by atoms with van der Waals surface area (Å²) in [6.45, 7) is 11.9. The summed E-state index contributed by atoms with van der Waals surface area (Å²) in [5.41, 5.74) is 6.73. The molecular formula is C33H36N2O3. The third kappa shape index (κ3) is 5.38. The van der Waals surface area contributed by atoms with Gasteiger partial charge >= 0.3 is 0 Å². The zero-order valence-electron chi connectivity index (χ0n) is 22.9. The Morgan fingerprint density at radius 1 is 0.947 bits per heavy atom. The van der Waals surface area contributed by atoms with Crippen molar-refractivity contribution in [3.63, 3.8) is 0 Å². The van der Waals surface area contributed by atoms with Crippen LogP contribution in [0.15, 0.2) is 77.3 Å². The number of anilines is 1. The minimum atomic E-state index is -0.357. The molecule has 2 heterocycles. The maximum atomic E-state index is 13.0. The number of nitrogens with one attached hydrogen (secondary N) is 1. The molecule has 5 heteroatoms. The van der Waals surface area contributed by atoms with Gasteiger partial charge in [0.05, 0.1) is 0 Å². The van der Waals surface area contributed by atoms with E-state index in [0.717, 1.165) is 11.3 Å². The Balaban J connectivity index is 1.31. The molecule has 1 N–H and O–H groups in total. The molecule has 0 bridgehead atoms. The molecule has 0 aliphatic heterocycles. The van der Waals surface area contributed by atoms with Crippen molar-refractivity contribution in [1.29, 1.82) is 0 Å². The number of carbonyl (C=O) groups excluding carboxylic acids is 1. The Labute approximate surface area is 225 Å². The van der Waals surface area contributed by atoms with Crippen molar-refractivity contribution in [3.05, 3.63) is 112 Å². The second-order valence-corrected chi connectivity index (χ2v) is 11.6. The van der Waals surface area contributed by atoms with Crippen LogP contribution in [0.2, 0.25) is 0 Å². The van der Waals surface area contributed by atoms with Crippen LogP contribution in [0.5, 0.6) is 5.75 Å². The van der Waals surface area contributed by atoms with Crippen molar-refractivity contribution in [2.75, 3.05) is 5.32 Å². The SMILES string of the molecule is Cc1cc2c(cc1Cc1ccc(C(=O)Nc3ncccc3OCc3ccccc3)o1)C(C)(C)CCC2(C)C. The van der Waals surface area contributed by atoms with E-state index in [9.17, 15) is 4.79 Å². The van der Waals surface area contributed by atoms with Gasteiger partial charge in [0, 0.05) is 12.6 Å². The molecule has 4 aromatic rings. The van der Waals surface area contributed by atoms with E-state index in [1.54, 1.807) is 24.4 Å². The predicted molar refractivity (Wildman–Crippen MR) is 151 cm³/mol. The van der Waals surface area contributed by atoms with Crippen molar-refractivity contribution in [3.8, 4) is 5.75 Å². The minimum absolute atomic E-state index is 0.143. The van der Waals surface area contributed by atoms with E-state index in [1.165, 1.54) is 35.1 Å². The van der Waals surface area contributed by atoms with Gasteiger partial charge in [-0.05, 0) is 82.7 Å². The second-order valence-electron chi connectivity index (χ2n) is 11.6. The van der Waals surface area contributed by atoms with E-state index in [-0.39, 0.29) is 22.5 Å². The van der Waals surface area contributed by atoms with Gasteiger partial charge in [0.2, 0.25) is 0 Å². The van der Waals surface area contributed by atoms with Crippen LogP contribution in [-0.4, -0.2) is 10.9 Å². The van der Waals surface area contributed by atoms with Gasteiger partial charge in [0.15, 0.2) is 17.3 Å². The van der Waals surface area contributed by atoms with Gasteiger partial charge in [-0.3, -0.25) is 4.79 Å². The number of nitrogens with zero attached hydrogens (tertiary/aromatic N) is 1. The third-order valence-corrected chi connectivity index (χ3v) is 7.80. The fraction of sp³-hybridized carbons (Fsp3) is 0.333. The summed E-state index contributed by atoms with van der Waals surface area (Å²) >= 11 is 0. The quantitative estimate of drug-likeness (QED) is 0.277. The summed E-state index contributed by atoms with van der Waals surface area (Å²) in [5, 5.41) is 2.84. The molecule has 196 valence electrons. The van der Waals surface area contributed by atoms with Crippen molar-refractivity contribution < 1.29 is 13.9 Å². The molecule has 2 aromatic heterocycles. The molecule has 0 spiro atoms. The van der Waals surface area contributed by atoms with Crippen LogP contribution in [0.1, 0.15) is 84.7 Å². The highest BCUT2D eigenvalue weighted by molar-refractivity contribution is 6.02. The van der Waals surface area contributed by atoms with Gasteiger partial charge in [-0.1, -0.05) is 70.2 Å². The minimum Gasteiger partial charge on any atom is -0.485 e. The van der Waals surface area contributed by atoms with Crippen LogP contribution in [0.4, 0.5) is 5.82 Å². The lowest BCUT2D eigenvalue weighted by atomic mass is 9.62. The van der Waals surface area contributed by atoms with E-state index in [1.807, 2.05) is 36.4 Å². The number of ether oxygens (including phenoxy) is 1. The molecule has 0 fully saturated rings. The summed E-state index contributed by atoms with van der Waals surface area (Å²) in [7, 11) is 0. The van der Waals surface area contributed by atoms with Crippen molar-refractivity contribution in [1.82, 2.24) is 4.98 Å². The number of amides is 1. The maximum absolute atomic E-state index is 13.0. The number of aromatic nitrogens is 1. The molecular weight excluding hydrogens is 472 g/mol. The van der Waals surface area contributed by atoms with Crippen LogP contribution in [0, 0.1) is 6.92 Å². The van der Waals surface area contributed by atoms with E-state index in [0.29, 0.717) is 24.6 Å². The van der Waals surface area contributed by atoms with E-state index < -0.39 is 0 Å². The molecule has 0 saturated carbocycles. The van der Waals surface area contributed by atoms with E-state index in [4.69, 9.17) is 9.15 Å². The van der Waals surface area contributed by atoms with Crippen LogP contribution in [-0.2, 0) is 23.9 Å². The highest BCUT2D eigenvalue weighted by Gasteiger charge is 2.37. The number of rotatable bonds is 7. The number of carbonyl (C=O) groups is 1. The smallest absolute Gasteiger partial charge is 0.292 e. The normalized spacial score (nSPS) is 15.5. The fourth-order valence-corrected chi connectivity index (χ4v) is 5.25. The number of benzene rings is 2. The first kappa shape index (κ1) is 25.8. The molecule has 0 atom stereocenters. The summed E-state index contributed by atoms with van der Waals surface area (Å²) in [6.07, 6.45) is 4.63. The molecule has 1 amide bonds. The lowest BCUT2D eigenvalue weighted by molar-refractivity contribution is 0.0994. The van der Waals surface area contributed by atoms with Gasteiger partial charge in [0.1, 0.15) is 12.4 Å². The molecule has 2 aromatic carbocycles. The summed E-state index contributed by atoms with van der Waals surface area (Å²) in [5.74, 6) is 1.52. The standard InChI is InChI=1S/C33H36N2O3/c1-22-18-26-27(33(4,5)16-15-32(26,2)3)20-24(22)19-25-13-14-29(38-25)31(36)35-30-28(12-9-17-34-30)37-21-23-10-7-6-8-11-23/h6-14,17-18,20H,15-16,19,21H2,1-5H3,(H,34,35,36). The second kappa shape index (κ2) is 10.1. The zero-order valence-corrected chi connectivity index (χ0v) is 22.9. The van der Waals surface area contributed by atoms with Crippen molar-refractivity contribution in [2.45, 2.75) is 71.3 Å². The maximum Gasteiger partial charge on any atom is 0.292 e. The first-order valence-corrected chi connectivity index (χ1v) is 13.3. The number of fused-ring (bicyclic) bond motifs is 1. The van der Waals surface area contributed by atoms with Crippen LogP contribution in [0.25, 0.3) is 0 Å². The van der Waals surface area contributed by atoms with Gasteiger partial charge in [0.25, 0.3) is 5.91 Å². The number of pyridine rings is 1. The Kier molecular flexibility index (Phi) is 6.87. The lowest BCUT2D eigenvalue weighted by Gasteiger charge is -2.42. The average molecular weight is 509 g/mol. The van der Waals surface area contributed by atoms with Gasteiger partial charge in [-0.25, -0.2) is 4.98 Å². The number of furan rings is 1. The van der Waals surface area contributed by atoms with E-state index >= 15 is 0 Å². The molecule has 38 heavy (non-hydrogen) atoms. The molecule has 0 saturated heterocycles. The lowest BCUT2D eigenvalue weighted by Crippen LogP contribution is -2.34. The topological polar surface area (TPSA) is 64.4 Å². The summed E-state index contributed by atoms with van der Waals surface area (Å²) < 4.78 is 11.9. The molecule has 5 rings (SSSR count). The third-order valence-electron chi connectivity index (χ3n) is 7.80. The van der Waals surface area contributed by atoms with Gasteiger partial charge in [-0.2, -0.15) is 0 Å². The number of hydrogen-bond donors (Lipinski definition) is 1. The summed E-state index contributed by atoms with van der Waals surface area (Å²) in [4.78, 5) is 17.3. The Bertz CT molecular complexity index is 1450. The van der Waals surface area contributed by atoms with E-state index in [2.05, 4.69) is 57.1 Å². The number of aryl methyl sites for hydroxylation is 1. The molecule has 1 aliphatic rings. The molecule has 5 nitrogen and oxygen atoms in total. The summed E-state index contributed by atoms with van der Waals surface area (Å²) in [6, 6.07) is 21.8. The Hall–Kier alpha value is -3.86. The molecule has 1 aliphatic carbocycles. The van der Waals surface area contributed by atoms with Gasteiger partial charge in [-0.15, -0.1) is 0 Å². The van der Waals surface area contributed by atoms with Crippen molar-refractivity contribution >= 4 is 11.7 Å². The first-order valence-electron chi connectivity index (χ1n) is 13.3. The molecule has 0 unspecified atom stereocenters. The first-order chi connectivity index (χ1) is 18.1. The fourth-order valence-electron chi connectivity index (χ4n) is 5.25. The number of hydrogen-bond acceptors (Lipinski definition) is 4. The van der Waals surface area contributed by atoms with Crippen LogP contribution in [0.3, 0.4) is 0 Å². The Morgan fingerprint density at radius 2 is 1.66 bits per heavy atom. The van der Waals surface area contributed by atoms with Crippen LogP contribution < -0.4 is 10.1 Å². The molecule has 0 radical (unpaired) electrons. The predicted octanol–water partition coefficient (Wildman–Crippen LogP) is 7.75. The van der Waals surface area contributed by atoms with Gasteiger partial charge < -0.3 is 14.5 Å². The monoisotopic (exact) mass is 508 g/mol. The average Bonchev–Trinajstić information content (AvgIpc) is 3.37. The van der Waals surface area contributed by atoms with Crippen LogP contribution >= 0.6 is 0 Å². The zero-order chi connectivity index (χ0) is 26.9. The Morgan fingerprint density at radius 3 is 2.39 bits per heavy atom. The largest absolute Gasteiger partial charge is 0.485 e. The highest BCUT2D eigenvalue weighted by Crippen LogP contribution is 2.46.